The van der Waals surface area contributed by atoms with Crippen LogP contribution in [0.2, 0.25) is 5.02 Å². The summed E-state index contributed by atoms with van der Waals surface area (Å²) in [5.74, 6) is -1.25. The Balaban J connectivity index is 1.43. The lowest BCUT2D eigenvalue weighted by atomic mass is 9.93. The number of hydrogen-bond acceptors (Lipinski definition) is 4. The number of urea groups is 1. The fourth-order valence-corrected chi connectivity index (χ4v) is 3.46. The largest absolute Gasteiger partial charge is 0.352 e. The molecule has 0 saturated carbocycles. The fraction of sp³-hybridized carbons (Fsp3) is 0.304. The van der Waals surface area contributed by atoms with E-state index in [2.05, 4.69) is 16.1 Å². The van der Waals surface area contributed by atoms with E-state index in [-0.39, 0.29) is 18.9 Å². The molecule has 168 valence electrons. The zero-order chi connectivity index (χ0) is 23.1. The summed E-state index contributed by atoms with van der Waals surface area (Å²) in [5.41, 5.74) is 2.79. The predicted molar refractivity (Wildman–Crippen MR) is 120 cm³/mol. The third kappa shape index (κ3) is 5.85. The Hall–Kier alpha value is -3.39. The van der Waals surface area contributed by atoms with E-state index in [0.29, 0.717) is 29.8 Å². The molecule has 5 amide bonds. The first kappa shape index (κ1) is 23.3. The molecule has 32 heavy (non-hydrogen) atoms. The van der Waals surface area contributed by atoms with Crippen LogP contribution in [-0.2, 0) is 16.0 Å². The van der Waals surface area contributed by atoms with Crippen LogP contribution in [0.3, 0.4) is 0 Å². The van der Waals surface area contributed by atoms with Gasteiger partial charge in [0.15, 0.2) is 0 Å². The quantitative estimate of drug-likeness (QED) is 0.398. The van der Waals surface area contributed by atoms with Crippen molar-refractivity contribution >= 4 is 35.4 Å². The average Bonchev–Trinajstić information content (AvgIpc) is 2.99. The first-order chi connectivity index (χ1) is 15.3. The number of nitrogens with zero attached hydrogens (tertiary/aromatic N) is 1. The number of carbonyl (C=O) groups is 4. The monoisotopic (exact) mass is 456 g/mol. The number of halogens is 1. The Bertz CT molecular complexity index is 997. The summed E-state index contributed by atoms with van der Waals surface area (Å²) in [6.07, 6.45) is 1.40. The van der Waals surface area contributed by atoms with Crippen LogP contribution in [0, 0.1) is 0 Å². The molecule has 1 fully saturated rings. The zero-order valence-corrected chi connectivity index (χ0v) is 18.4. The minimum Gasteiger partial charge on any atom is -0.352 e. The standard InChI is InChI=1S/C23H25ClN4O4/c1-23(14-13-16-6-3-2-4-7-16)21(31)28(22(32)26-23)27-19(29)8-5-15-25-20(30)17-9-11-18(24)12-10-17/h2-4,6-7,9-12H,5,8,13-15H2,1H3,(H,25,30)(H,26,32)(H,27,29). The van der Waals surface area contributed by atoms with Gasteiger partial charge in [0.05, 0.1) is 0 Å². The van der Waals surface area contributed by atoms with Gasteiger partial charge in [-0.05, 0) is 56.0 Å². The van der Waals surface area contributed by atoms with Crippen LogP contribution in [-0.4, -0.2) is 40.8 Å². The molecule has 1 heterocycles. The van der Waals surface area contributed by atoms with Crippen molar-refractivity contribution in [2.24, 2.45) is 0 Å². The molecular weight excluding hydrogens is 432 g/mol. The van der Waals surface area contributed by atoms with Gasteiger partial charge in [-0.15, -0.1) is 0 Å². The van der Waals surface area contributed by atoms with Crippen LogP contribution in [0.1, 0.15) is 42.1 Å². The van der Waals surface area contributed by atoms with Crippen molar-refractivity contribution in [1.82, 2.24) is 21.1 Å². The highest BCUT2D eigenvalue weighted by molar-refractivity contribution is 6.30. The number of benzene rings is 2. The number of nitrogens with one attached hydrogen (secondary N) is 3. The molecule has 1 saturated heterocycles. The van der Waals surface area contributed by atoms with E-state index in [1.54, 1.807) is 31.2 Å². The third-order valence-electron chi connectivity index (χ3n) is 5.23. The van der Waals surface area contributed by atoms with Crippen LogP contribution in [0.25, 0.3) is 0 Å². The van der Waals surface area contributed by atoms with Crippen molar-refractivity contribution in [3.63, 3.8) is 0 Å². The molecule has 8 nitrogen and oxygen atoms in total. The normalized spacial score (nSPS) is 17.8. The minimum atomic E-state index is -1.09. The van der Waals surface area contributed by atoms with Gasteiger partial charge in [-0.25, -0.2) is 4.79 Å². The van der Waals surface area contributed by atoms with E-state index >= 15 is 0 Å². The van der Waals surface area contributed by atoms with E-state index < -0.39 is 23.4 Å². The summed E-state index contributed by atoms with van der Waals surface area (Å²) in [5, 5.41) is 6.65. The van der Waals surface area contributed by atoms with Crippen LogP contribution in [0.15, 0.2) is 54.6 Å². The number of aryl methyl sites for hydroxylation is 1. The molecular formula is C23H25ClN4O4. The number of hydrazine groups is 1. The van der Waals surface area contributed by atoms with Crippen LogP contribution < -0.4 is 16.1 Å². The summed E-state index contributed by atoms with van der Waals surface area (Å²) >= 11 is 5.80. The summed E-state index contributed by atoms with van der Waals surface area (Å²) in [6, 6.07) is 15.4. The number of rotatable bonds is 9. The molecule has 1 atom stereocenters. The second-order valence-electron chi connectivity index (χ2n) is 7.79. The minimum absolute atomic E-state index is 0.0404. The van der Waals surface area contributed by atoms with Crippen molar-refractivity contribution in [1.29, 1.82) is 0 Å². The van der Waals surface area contributed by atoms with E-state index in [4.69, 9.17) is 11.6 Å². The lowest BCUT2D eigenvalue weighted by Gasteiger charge is -2.21. The fourth-order valence-electron chi connectivity index (χ4n) is 3.33. The third-order valence-corrected chi connectivity index (χ3v) is 5.48. The van der Waals surface area contributed by atoms with Gasteiger partial charge < -0.3 is 10.6 Å². The van der Waals surface area contributed by atoms with Crippen molar-refractivity contribution in [3.8, 4) is 0 Å². The van der Waals surface area contributed by atoms with Gasteiger partial charge in [0.2, 0.25) is 5.91 Å². The highest BCUT2D eigenvalue weighted by atomic mass is 35.5. The lowest BCUT2D eigenvalue weighted by Crippen LogP contribution is -2.49. The van der Waals surface area contributed by atoms with Crippen LogP contribution >= 0.6 is 11.6 Å². The van der Waals surface area contributed by atoms with Crippen LogP contribution in [0.5, 0.6) is 0 Å². The molecule has 9 heteroatoms. The second-order valence-corrected chi connectivity index (χ2v) is 8.23. The number of imide groups is 1. The first-order valence-electron chi connectivity index (χ1n) is 10.3. The molecule has 0 radical (unpaired) electrons. The van der Waals surface area contributed by atoms with Gasteiger partial charge >= 0.3 is 6.03 Å². The molecule has 2 aromatic rings. The molecule has 3 N–H and O–H groups in total. The molecule has 0 spiro atoms. The molecule has 0 bridgehead atoms. The van der Waals surface area contributed by atoms with Crippen molar-refractivity contribution < 1.29 is 19.2 Å². The second kappa shape index (κ2) is 10.3. The molecule has 1 aliphatic heterocycles. The SMILES string of the molecule is CC1(CCc2ccccc2)NC(=O)N(NC(=O)CCCNC(=O)c2ccc(Cl)cc2)C1=O. The molecule has 3 rings (SSSR count). The number of hydrogen-bond donors (Lipinski definition) is 3. The van der Waals surface area contributed by atoms with Crippen molar-refractivity contribution in [2.75, 3.05) is 6.54 Å². The molecule has 2 aromatic carbocycles. The molecule has 0 aromatic heterocycles. The Morgan fingerprint density at radius 2 is 1.75 bits per heavy atom. The lowest BCUT2D eigenvalue weighted by molar-refractivity contribution is -0.138. The van der Waals surface area contributed by atoms with Crippen molar-refractivity contribution in [3.05, 3.63) is 70.7 Å². The Kier molecular flexibility index (Phi) is 7.48. The summed E-state index contributed by atoms with van der Waals surface area (Å²) in [6.45, 7) is 1.92. The van der Waals surface area contributed by atoms with Gasteiger partial charge in [-0.2, -0.15) is 5.01 Å². The van der Waals surface area contributed by atoms with Gasteiger partial charge in [0.1, 0.15) is 5.54 Å². The molecule has 0 aliphatic carbocycles. The van der Waals surface area contributed by atoms with Crippen molar-refractivity contribution in [2.45, 2.75) is 38.1 Å². The number of amides is 5. The van der Waals surface area contributed by atoms with E-state index in [9.17, 15) is 19.2 Å². The van der Waals surface area contributed by atoms with E-state index in [1.807, 2.05) is 30.3 Å². The van der Waals surface area contributed by atoms with E-state index in [1.165, 1.54) is 0 Å². The number of carbonyl (C=O) groups excluding carboxylic acids is 4. The molecule has 1 unspecified atom stereocenters. The summed E-state index contributed by atoms with van der Waals surface area (Å²) in [4.78, 5) is 49.3. The smallest absolute Gasteiger partial charge is 0.344 e. The van der Waals surface area contributed by atoms with Gasteiger partial charge in [0.25, 0.3) is 11.8 Å². The predicted octanol–water partition coefficient (Wildman–Crippen LogP) is 2.82. The Morgan fingerprint density at radius 1 is 1.06 bits per heavy atom. The topological polar surface area (TPSA) is 108 Å². The maximum atomic E-state index is 12.8. The van der Waals surface area contributed by atoms with E-state index in [0.717, 1.165) is 10.6 Å². The Morgan fingerprint density at radius 3 is 2.44 bits per heavy atom. The average molecular weight is 457 g/mol. The van der Waals surface area contributed by atoms with Gasteiger partial charge in [-0.1, -0.05) is 41.9 Å². The van der Waals surface area contributed by atoms with Gasteiger partial charge in [-0.3, -0.25) is 19.8 Å². The maximum Gasteiger partial charge on any atom is 0.344 e. The summed E-state index contributed by atoms with van der Waals surface area (Å²) < 4.78 is 0. The molecule has 1 aliphatic rings. The first-order valence-corrected chi connectivity index (χ1v) is 10.7. The zero-order valence-electron chi connectivity index (χ0n) is 17.7. The summed E-state index contributed by atoms with van der Waals surface area (Å²) in [7, 11) is 0. The highest BCUT2D eigenvalue weighted by Crippen LogP contribution is 2.22. The highest BCUT2D eigenvalue weighted by Gasteiger charge is 2.48. The van der Waals surface area contributed by atoms with Crippen LogP contribution in [0.4, 0.5) is 4.79 Å². The van der Waals surface area contributed by atoms with Gasteiger partial charge in [0, 0.05) is 23.6 Å². The maximum absolute atomic E-state index is 12.8. The Labute approximate surface area is 191 Å².